The summed E-state index contributed by atoms with van der Waals surface area (Å²) in [5.41, 5.74) is 0.273. The predicted molar refractivity (Wildman–Crippen MR) is 109 cm³/mol. The van der Waals surface area contributed by atoms with E-state index in [-0.39, 0.29) is 12.3 Å². The fourth-order valence-electron chi connectivity index (χ4n) is 3.25. The standard InChI is InChI=1S/C21H21ClN4O3/c1-2-25-9-11-26(12-10-25)21-17(13-23)24-20(29-21)19-8-7-15(28-19)14-27-18-6-4-3-5-16(18)22/h3-8H,2,9-12,14H2,1H3. The number of rotatable bonds is 6. The number of nitrogens with zero attached hydrogens (tertiary/aromatic N) is 4. The van der Waals surface area contributed by atoms with E-state index in [1.54, 1.807) is 24.3 Å². The number of hydrogen-bond donors (Lipinski definition) is 0. The minimum atomic E-state index is 0.224. The molecule has 1 aliphatic heterocycles. The van der Waals surface area contributed by atoms with Gasteiger partial charge in [0.25, 0.3) is 5.89 Å². The molecule has 0 unspecified atom stereocenters. The van der Waals surface area contributed by atoms with Crippen molar-refractivity contribution in [2.24, 2.45) is 0 Å². The van der Waals surface area contributed by atoms with Crippen LogP contribution in [0.5, 0.6) is 5.75 Å². The number of anilines is 1. The summed E-state index contributed by atoms with van der Waals surface area (Å²) >= 11 is 6.10. The lowest BCUT2D eigenvalue weighted by Gasteiger charge is -2.33. The molecule has 3 heterocycles. The molecule has 1 fully saturated rings. The molecule has 0 amide bonds. The second-order valence-electron chi connectivity index (χ2n) is 6.69. The van der Waals surface area contributed by atoms with Crippen LogP contribution in [0, 0.1) is 11.3 Å². The van der Waals surface area contributed by atoms with Gasteiger partial charge in [-0.15, -0.1) is 0 Å². The number of ether oxygens (including phenoxy) is 1. The maximum atomic E-state index is 9.48. The Balaban J connectivity index is 1.47. The zero-order valence-corrected chi connectivity index (χ0v) is 16.9. The lowest BCUT2D eigenvalue weighted by molar-refractivity contribution is 0.266. The molecule has 0 radical (unpaired) electrons. The monoisotopic (exact) mass is 412 g/mol. The average molecular weight is 413 g/mol. The average Bonchev–Trinajstić information content (AvgIpc) is 3.40. The van der Waals surface area contributed by atoms with Crippen LogP contribution in [-0.2, 0) is 6.61 Å². The van der Waals surface area contributed by atoms with Crippen molar-refractivity contribution in [1.29, 1.82) is 5.26 Å². The lowest BCUT2D eigenvalue weighted by atomic mass is 10.3. The quantitative estimate of drug-likeness (QED) is 0.600. The number of furan rings is 1. The molecule has 2 aromatic heterocycles. The first kappa shape index (κ1) is 19.4. The number of para-hydroxylation sites is 1. The third-order valence-electron chi connectivity index (χ3n) is 4.90. The number of benzene rings is 1. The summed E-state index contributed by atoms with van der Waals surface area (Å²) in [6.07, 6.45) is 0. The van der Waals surface area contributed by atoms with Crippen LogP contribution >= 0.6 is 11.6 Å². The molecule has 0 spiro atoms. The van der Waals surface area contributed by atoms with Crippen LogP contribution in [0.4, 0.5) is 5.88 Å². The van der Waals surface area contributed by atoms with Crippen molar-refractivity contribution >= 4 is 17.5 Å². The zero-order valence-electron chi connectivity index (χ0n) is 16.1. The normalized spacial score (nSPS) is 14.7. The van der Waals surface area contributed by atoms with Crippen LogP contribution in [0.3, 0.4) is 0 Å². The highest BCUT2D eigenvalue weighted by molar-refractivity contribution is 6.32. The van der Waals surface area contributed by atoms with Gasteiger partial charge < -0.3 is 23.4 Å². The van der Waals surface area contributed by atoms with Gasteiger partial charge in [0.05, 0.1) is 5.02 Å². The summed E-state index contributed by atoms with van der Waals surface area (Å²) < 4.78 is 17.4. The van der Waals surface area contributed by atoms with Gasteiger partial charge in [-0.25, -0.2) is 0 Å². The Hall–Kier alpha value is -2.95. The van der Waals surface area contributed by atoms with E-state index in [1.165, 1.54) is 0 Å². The first-order valence-corrected chi connectivity index (χ1v) is 9.90. The SMILES string of the molecule is CCN1CCN(c2oc(-c3ccc(COc4ccccc4Cl)o3)nc2C#N)CC1. The molecule has 4 rings (SSSR count). The maximum Gasteiger partial charge on any atom is 0.266 e. The molecule has 7 nitrogen and oxygen atoms in total. The van der Waals surface area contributed by atoms with Gasteiger partial charge in [-0.05, 0) is 30.8 Å². The molecular weight excluding hydrogens is 392 g/mol. The van der Waals surface area contributed by atoms with E-state index in [1.807, 2.05) is 12.1 Å². The zero-order chi connectivity index (χ0) is 20.2. The van der Waals surface area contributed by atoms with Crippen LogP contribution < -0.4 is 9.64 Å². The van der Waals surface area contributed by atoms with Crippen molar-refractivity contribution in [3.63, 3.8) is 0 Å². The molecule has 3 aromatic rings. The van der Waals surface area contributed by atoms with Gasteiger partial charge >= 0.3 is 0 Å². The summed E-state index contributed by atoms with van der Waals surface area (Å²) in [5.74, 6) is 2.44. The molecular formula is C21H21ClN4O3. The van der Waals surface area contributed by atoms with Gasteiger partial charge in [0.15, 0.2) is 5.76 Å². The van der Waals surface area contributed by atoms with E-state index in [2.05, 4.69) is 27.8 Å². The molecule has 8 heteroatoms. The second kappa shape index (κ2) is 8.60. The number of aromatic nitrogens is 1. The van der Waals surface area contributed by atoms with Crippen LogP contribution in [0.25, 0.3) is 11.7 Å². The molecule has 0 aliphatic carbocycles. The molecule has 1 aliphatic rings. The number of piperazine rings is 1. The summed E-state index contributed by atoms with van der Waals surface area (Å²) in [7, 11) is 0. The van der Waals surface area contributed by atoms with E-state index in [4.69, 9.17) is 25.2 Å². The van der Waals surface area contributed by atoms with Crippen molar-refractivity contribution in [1.82, 2.24) is 9.88 Å². The Morgan fingerprint density at radius 2 is 1.93 bits per heavy atom. The van der Waals surface area contributed by atoms with Gasteiger partial charge in [0, 0.05) is 26.2 Å². The minimum Gasteiger partial charge on any atom is -0.484 e. The van der Waals surface area contributed by atoms with Crippen LogP contribution in [0.1, 0.15) is 18.4 Å². The third kappa shape index (κ3) is 4.24. The molecule has 29 heavy (non-hydrogen) atoms. The van der Waals surface area contributed by atoms with Crippen molar-refractivity contribution in [2.75, 3.05) is 37.6 Å². The van der Waals surface area contributed by atoms with Gasteiger partial charge in [-0.2, -0.15) is 10.2 Å². The number of halogens is 1. The maximum absolute atomic E-state index is 9.48. The van der Waals surface area contributed by atoms with Crippen molar-refractivity contribution in [3.8, 4) is 23.5 Å². The fourth-order valence-corrected chi connectivity index (χ4v) is 3.44. The Kier molecular flexibility index (Phi) is 5.74. The highest BCUT2D eigenvalue weighted by Crippen LogP contribution is 2.30. The third-order valence-corrected chi connectivity index (χ3v) is 5.21. The molecule has 0 bridgehead atoms. The van der Waals surface area contributed by atoms with Crippen LogP contribution in [0.2, 0.25) is 5.02 Å². The Labute approximate surface area is 174 Å². The highest BCUT2D eigenvalue weighted by atomic mass is 35.5. The topological polar surface area (TPSA) is 78.7 Å². The van der Waals surface area contributed by atoms with E-state index >= 15 is 0 Å². The Bertz CT molecular complexity index is 1020. The van der Waals surface area contributed by atoms with E-state index in [0.29, 0.717) is 34.1 Å². The Morgan fingerprint density at radius 1 is 1.14 bits per heavy atom. The molecule has 1 aromatic carbocycles. The number of likely N-dealkylation sites (N-methyl/N-ethyl adjacent to an activating group) is 1. The molecule has 0 N–H and O–H groups in total. The molecule has 1 saturated heterocycles. The van der Waals surface area contributed by atoms with Crippen LogP contribution in [-0.4, -0.2) is 42.6 Å². The summed E-state index contributed by atoms with van der Waals surface area (Å²) in [4.78, 5) is 8.74. The van der Waals surface area contributed by atoms with E-state index in [9.17, 15) is 5.26 Å². The smallest absolute Gasteiger partial charge is 0.266 e. The second-order valence-corrected chi connectivity index (χ2v) is 7.10. The van der Waals surface area contributed by atoms with Gasteiger partial charge in [0.1, 0.15) is 24.2 Å². The van der Waals surface area contributed by atoms with Crippen molar-refractivity contribution < 1.29 is 13.6 Å². The predicted octanol–water partition coefficient (Wildman–Crippen LogP) is 4.18. The fraction of sp³-hybridized carbons (Fsp3) is 0.333. The first-order chi connectivity index (χ1) is 14.2. The minimum absolute atomic E-state index is 0.224. The lowest BCUT2D eigenvalue weighted by Crippen LogP contribution is -2.46. The molecule has 0 saturated carbocycles. The largest absolute Gasteiger partial charge is 0.484 e. The number of hydrogen-bond acceptors (Lipinski definition) is 7. The van der Waals surface area contributed by atoms with Gasteiger partial charge in [0.2, 0.25) is 11.6 Å². The van der Waals surface area contributed by atoms with E-state index in [0.717, 1.165) is 32.7 Å². The Morgan fingerprint density at radius 3 is 2.66 bits per heavy atom. The summed E-state index contributed by atoms with van der Waals surface area (Å²) in [5, 5.41) is 10.0. The molecule has 0 atom stereocenters. The van der Waals surface area contributed by atoms with Gasteiger partial charge in [-0.1, -0.05) is 30.7 Å². The van der Waals surface area contributed by atoms with Crippen LogP contribution in [0.15, 0.2) is 45.2 Å². The highest BCUT2D eigenvalue weighted by Gasteiger charge is 2.25. The molecule has 150 valence electrons. The van der Waals surface area contributed by atoms with Crippen molar-refractivity contribution in [3.05, 3.63) is 52.9 Å². The van der Waals surface area contributed by atoms with Gasteiger partial charge in [-0.3, -0.25) is 0 Å². The van der Waals surface area contributed by atoms with E-state index < -0.39 is 0 Å². The summed E-state index contributed by atoms with van der Waals surface area (Å²) in [6, 6.07) is 12.9. The summed E-state index contributed by atoms with van der Waals surface area (Å²) in [6.45, 7) is 6.85. The number of nitriles is 1. The first-order valence-electron chi connectivity index (χ1n) is 9.52. The number of oxazole rings is 1. The van der Waals surface area contributed by atoms with Crippen molar-refractivity contribution in [2.45, 2.75) is 13.5 Å².